The molecule has 0 saturated carbocycles. The standard InChI is InChI=1S/C30H29FN2O5/c1-4-36-25-16-20(10-12-24(25)37-18-19-8-6-5-7-9-19)27-26-28(34)22-17-21(31)11-13-23(22)38-29(26)30(35)33(27)15-14-32(2)3/h5-13,16-17,27H,4,14-15,18H2,1-3H3. The van der Waals surface area contributed by atoms with Gasteiger partial charge in [-0.15, -0.1) is 0 Å². The zero-order valence-corrected chi connectivity index (χ0v) is 21.6. The summed E-state index contributed by atoms with van der Waals surface area (Å²) in [4.78, 5) is 30.8. The number of carbonyl (C=O) groups excluding carboxylic acids is 1. The molecule has 1 aliphatic heterocycles. The van der Waals surface area contributed by atoms with Crippen molar-refractivity contribution >= 4 is 16.9 Å². The summed E-state index contributed by atoms with van der Waals surface area (Å²) in [5, 5.41) is 0.101. The molecule has 7 nitrogen and oxygen atoms in total. The van der Waals surface area contributed by atoms with E-state index in [1.54, 1.807) is 17.0 Å². The van der Waals surface area contributed by atoms with E-state index >= 15 is 0 Å². The van der Waals surface area contributed by atoms with Crippen LogP contribution in [0.25, 0.3) is 11.0 Å². The Bertz CT molecular complexity index is 1530. The lowest BCUT2D eigenvalue weighted by Gasteiger charge is -2.27. The molecule has 2 heterocycles. The van der Waals surface area contributed by atoms with Crippen molar-refractivity contribution in [3.8, 4) is 11.5 Å². The number of benzene rings is 3. The second-order valence-electron chi connectivity index (χ2n) is 9.43. The van der Waals surface area contributed by atoms with Gasteiger partial charge in [-0.2, -0.15) is 0 Å². The predicted octanol–water partition coefficient (Wildman–Crippen LogP) is 5.02. The average molecular weight is 517 g/mol. The minimum atomic E-state index is -0.719. The van der Waals surface area contributed by atoms with Crippen LogP contribution in [-0.4, -0.2) is 49.5 Å². The van der Waals surface area contributed by atoms with E-state index in [0.29, 0.717) is 43.4 Å². The van der Waals surface area contributed by atoms with Gasteiger partial charge in [0.1, 0.15) is 18.0 Å². The summed E-state index contributed by atoms with van der Waals surface area (Å²) in [5.41, 5.74) is 1.65. The Morgan fingerprint density at radius 1 is 0.974 bits per heavy atom. The second kappa shape index (κ2) is 10.7. The van der Waals surface area contributed by atoms with E-state index < -0.39 is 17.3 Å². The van der Waals surface area contributed by atoms with Crippen molar-refractivity contribution < 1.29 is 23.1 Å². The number of hydrogen-bond donors (Lipinski definition) is 0. The highest BCUT2D eigenvalue weighted by atomic mass is 19.1. The molecule has 38 heavy (non-hydrogen) atoms. The fraction of sp³-hybridized carbons (Fsp3) is 0.267. The van der Waals surface area contributed by atoms with E-state index in [1.165, 1.54) is 12.1 Å². The zero-order valence-electron chi connectivity index (χ0n) is 21.6. The van der Waals surface area contributed by atoms with Crippen molar-refractivity contribution in [1.82, 2.24) is 9.80 Å². The van der Waals surface area contributed by atoms with Crippen LogP contribution < -0.4 is 14.9 Å². The van der Waals surface area contributed by atoms with Crippen LogP contribution in [0.1, 0.15) is 40.2 Å². The van der Waals surface area contributed by atoms with Crippen molar-refractivity contribution in [2.24, 2.45) is 0 Å². The lowest BCUT2D eigenvalue weighted by atomic mass is 9.98. The van der Waals surface area contributed by atoms with E-state index in [0.717, 1.165) is 11.6 Å². The summed E-state index contributed by atoms with van der Waals surface area (Å²) >= 11 is 0. The minimum absolute atomic E-state index is 0.0137. The van der Waals surface area contributed by atoms with E-state index in [1.807, 2.05) is 62.3 Å². The third-order valence-electron chi connectivity index (χ3n) is 6.54. The van der Waals surface area contributed by atoms with Gasteiger partial charge in [0.05, 0.1) is 23.6 Å². The van der Waals surface area contributed by atoms with Gasteiger partial charge in [0.25, 0.3) is 5.91 Å². The molecule has 1 aromatic heterocycles. The number of rotatable bonds is 9. The van der Waals surface area contributed by atoms with Gasteiger partial charge in [0.15, 0.2) is 16.9 Å². The highest BCUT2D eigenvalue weighted by Crippen LogP contribution is 2.41. The number of halogens is 1. The number of hydrogen-bond acceptors (Lipinski definition) is 6. The van der Waals surface area contributed by atoms with Crippen LogP contribution in [-0.2, 0) is 6.61 Å². The van der Waals surface area contributed by atoms with Gasteiger partial charge in [0, 0.05) is 13.1 Å². The molecule has 0 saturated heterocycles. The molecule has 196 valence electrons. The molecular formula is C30H29FN2O5. The largest absolute Gasteiger partial charge is 0.490 e. The Morgan fingerprint density at radius 3 is 2.50 bits per heavy atom. The summed E-state index contributed by atoms with van der Waals surface area (Å²) in [5.74, 6) is 0.119. The molecule has 4 aromatic rings. The number of carbonyl (C=O) groups is 1. The lowest BCUT2D eigenvalue weighted by Crippen LogP contribution is -2.35. The summed E-state index contributed by atoms with van der Waals surface area (Å²) in [6, 6.07) is 18.2. The molecule has 0 aliphatic carbocycles. The monoisotopic (exact) mass is 516 g/mol. The van der Waals surface area contributed by atoms with E-state index in [2.05, 4.69) is 0 Å². The van der Waals surface area contributed by atoms with Crippen molar-refractivity contribution in [3.63, 3.8) is 0 Å². The molecule has 3 aromatic carbocycles. The first-order chi connectivity index (χ1) is 18.4. The molecule has 0 fully saturated rings. The van der Waals surface area contributed by atoms with Crippen molar-refractivity contribution in [1.29, 1.82) is 0 Å². The van der Waals surface area contributed by atoms with Gasteiger partial charge in [0.2, 0.25) is 5.76 Å². The van der Waals surface area contributed by atoms with Crippen LogP contribution in [0.4, 0.5) is 4.39 Å². The van der Waals surface area contributed by atoms with Gasteiger partial charge in [-0.3, -0.25) is 9.59 Å². The second-order valence-corrected chi connectivity index (χ2v) is 9.43. The third-order valence-corrected chi connectivity index (χ3v) is 6.54. The third kappa shape index (κ3) is 4.87. The molecule has 0 N–H and O–H groups in total. The summed E-state index contributed by atoms with van der Waals surface area (Å²) < 4.78 is 31.9. The Hall–Kier alpha value is -4.17. The number of fused-ring (bicyclic) bond motifs is 2. The Morgan fingerprint density at radius 2 is 1.76 bits per heavy atom. The molecule has 1 atom stereocenters. The first-order valence-corrected chi connectivity index (χ1v) is 12.5. The van der Waals surface area contributed by atoms with Crippen LogP contribution in [0.3, 0.4) is 0 Å². The SMILES string of the molecule is CCOc1cc(C2c3c(oc4ccc(F)cc4c3=O)C(=O)N2CCN(C)C)ccc1OCc1ccccc1. The van der Waals surface area contributed by atoms with Gasteiger partial charge in [-0.1, -0.05) is 36.4 Å². The molecule has 8 heteroatoms. The highest BCUT2D eigenvalue weighted by Gasteiger charge is 2.42. The maximum absolute atomic E-state index is 14.0. The zero-order chi connectivity index (χ0) is 26.8. The Balaban J connectivity index is 1.60. The predicted molar refractivity (Wildman–Crippen MR) is 142 cm³/mol. The molecule has 1 aliphatic rings. The van der Waals surface area contributed by atoms with Crippen LogP contribution in [0.15, 0.2) is 75.9 Å². The normalized spacial score (nSPS) is 14.8. The summed E-state index contributed by atoms with van der Waals surface area (Å²) in [6.45, 7) is 3.58. The number of nitrogens with zero attached hydrogens (tertiary/aromatic N) is 2. The Kier molecular flexibility index (Phi) is 7.15. The van der Waals surface area contributed by atoms with E-state index in [4.69, 9.17) is 13.9 Å². The highest BCUT2D eigenvalue weighted by molar-refractivity contribution is 5.99. The lowest BCUT2D eigenvalue weighted by molar-refractivity contribution is 0.0716. The van der Waals surface area contributed by atoms with E-state index in [9.17, 15) is 14.0 Å². The molecule has 5 rings (SSSR count). The minimum Gasteiger partial charge on any atom is -0.490 e. The topological polar surface area (TPSA) is 72.2 Å². The van der Waals surface area contributed by atoms with Crippen molar-refractivity contribution in [2.75, 3.05) is 33.8 Å². The summed E-state index contributed by atoms with van der Waals surface area (Å²) in [6.07, 6.45) is 0. The molecule has 0 bridgehead atoms. The van der Waals surface area contributed by atoms with Crippen LogP contribution in [0.2, 0.25) is 0 Å². The van der Waals surface area contributed by atoms with Crippen LogP contribution >= 0.6 is 0 Å². The molecule has 0 radical (unpaired) electrons. The molecule has 1 unspecified atom stereocenters. The van der Waals surface area contributed by atoms with Gasteiger partial charge >= 0.3 is 0 Å². The fourth-order valence-electron chi connectivity index (χ4n) is 4.70. The molecular weight excluding hydrogens is 487 g/mol. The first-order valence-electron chi connectivity index (χ1n) is 12.5. The average Bonchev–Trinajstić information content (AvgIpc) is 3.19. The maximum atomic E-state index is 14.0. The molecule has 0 spiro atoms. The summed E-state index contributed by atoms with van der Waals surface area (Å²) in [7, 11) is 3.82. The van der Waals surface area contributed by atoms with Crippen molar-refractivity contribution in [3.05, 3.63) is 105 Å². The number of ether oxygens (including phenoxy) is 2. The smallest absolute Gasteiger partial charge is 0.290 e. The van der Waals surface area contributed by atoms with Crippen LogP contribution in [0, 0.1) is 5.82 Å². The van der Waals surface area contributed by atoms with Gasteiger partial charge in [-0.05, 0) is 62.5 Å². The Labute approximate surface area is 220 Å². The number of likely N-dealkylation sites (N-methyl/N-ethyl adjacent to an activating group) is 1. The van der Waals surface area contributed by atoms with E-state index in [-0.39, 0.29) is 28.2 Å². The quantitative estimate of drug-likeness (QED) is 0.311. The van der Waals surface area contributed by atoms with Crippen LogP contribution in [0.5, 0.6) is 11.5 Å². The van der Waals surface area contributed by atoms with Gasteiger partial charge in [-0.25, -0.2) is 4.39 Å². The fourth-order valence-corrected chi connectivity index (χ4v) is 4.70. The van der Waals surface area contributed by atoms with Crippen molar-refractivity contribution in [2.45, 2.75) is 19.6 Å². The number of amides is 1. The van der Waals surface area contributed by atoms with Gasteiger partial charge < -0.3 is 23.7 Å². The molecule has 1 amide bonds. The maximum Gasteiger partial charge on any atom is 0.290 e. The first kappa shape index (κ1) is 25.5.